The maximum Gasteiger partial charge on any atom is 0.420 e. The van der Waals surface area contributed by atoms with E-state index in [2.05, 4.69) is 10.6 Å². The lowest BCUT2D eigenvalue weighted by Gasteiger charge is -2.13. The first-order valence-electron chi connectivity index (χ1n) is 7.74. The Morgan fingerprint density at radius 3 is 2.44 bits per heavy atom. The molecule has 7 nitrogen and oxygen atoms in total. The highest BCUT2D eigenvalue weighted by molar-refractivity contribution is 5.96. The van der Waals surface area contributed by atoms with Crippen LogP contribution in [-0.2, 0) is 4.79 Å². The highest BCUT2D eigenvalue weighted by atomic mass is 16.4. The Morgan fingerprint density at radius 1 is 1.08 bits per heavy atom. The number of hydrogen-bond donors (Lipinski definition) is 2. The van der Waals surface area contributed by atoms with E-state index >= 15 is 0 Å². The first-order chi connectivity index (χ1) is 12.0. The van der Waals surface area contributed by atoms with Gasteiger partial charge in [0.05, 0.1) is 5.52 Å². The average molecular weight is 339 g/mol. The molecule has 25 heavy (non-hydrogen) atoms. The first kappa shape index (κ1) is 16.5. The highest BCUT2D eigenvalue weighted by Gasteiger charge is 2.21. The van der Waals surface area contributed by atoms with Crippen molar-refractivity contribution in [2.75, 3.05) is 12.4 Å². The second-order valence-corrected chi connectivity index (χ2v) is 5.53. The fraction of sp³-hybridized carbons (Fsp3) is 0.167. The smallest absolute Gasteiger partial charge is 0.408 e. The number of carbonyl (C=O) groups excluding carboxylic acids is 2. The highest BCUT2D eigenvalue weighted by Crippen LogP contribution is 2.18. The van der Waals surface area contributed by atoms with E-state index in [1.54, 1.807) is 62.5 Å². The number of anilines is 1. The summed E-state index contributed by atoms with van der Waals surface area (Å²) in [6.45, 7) is 1.62. The predicted octanol–water partition coefficient (Wildman–Crippen LogP) is 2.15. The van der Waals surface area contributed by atoms with Crippen molar-refractivity contribution < 1.29 is 14.0 Å². The van der Waals surface area contributed by atoms with Gasteiger partial charge in [0.1, 0.15) is 6.04 Å². The molecular formula is C18H17N3O4. The van der Waals surface area contributed by atoms with Crippen molar-refractivity contribution in [1.82, 2.24) is 9.88 Å². The number of para-hydroxylation sites is 2. The molecular weight excluding hydrogens is 322 g/mol. The van der Waals surface area contributed by atoms with Gasteiger partial charge in [-0.1, -0.05) is 12.1 Å². The number of aromatic nitrogens is 1. The summed E-state index contributed by atoms with van der Waals surface area (Å²) in [5.74, 6) is -1.15. The molecule has 1 atom stereocenters. The lowest BCUT2D eigenvalue weighted by atomic mass is 10.2. The van der Waals surface area contributed by atoms with Gasteiger partial charge in [0.2, 0.25) is 5.91 Å². The van der Waals surface area contributed by atoms with Crippen LogP contribution in [0.15, 0.2) is 57.7 Å². The lowest BCUT2D eigenvalue weighted by Crippen LogP contribution is -2.29. The summed E-state index contributed by atoms with van der Waals surface area (Å²) in [5.41, 5.74) is 2.02. The van der Waals surface area contributed by atoms with E-state index in [1.165, 1.54) is 4.57 Å². The van der Waals surface area contributed by atoms with Crippen LogP contribution in [0.1, 0.15) is 23.3 Å². The van der Waals surface area contributed by atoms with E-state index in [-0.39, 0.29) is 11.8 Å². The number of hydrogen-bond acceptors (Lipinski definition) is 4. The third kappa shape index (κ3) is 3.16. The molecule has 0 fully saturated rings. The molecule has 2 N–H and O–H groups in total. The van der Waals surface area contributed by atoms with E-state index in [4.69, 9.17) is 4.42 Å². The fourth-order valence-corrected chi connectivity index (χ4v) is 2.56. The maximum atomic E-state index is 12.5. The van der Waals surface area contributed by atoms with Gasteiger partial charge >= 0.3 is 5.76 Å². The zero-order chi connectivity index (χ0) is 18.0. The van der Waals surface area contributed by atoms with Crippen molar-refractivity contribution >= 4 is 28.6 Å². The van der Waals surface area contributed by atoms with Crippen molar-refractivity contribution in [3.63, 3.8) is 0 Å². The van der Waals surface area contributed by atoms with E-state index in [0.29, 0.717) is 22.4 Å². The van der Waals surface area contributed by atoms with Crippen molar-refractivity contribution in [2.45, 2.75) is 13.0 Å². The van der Waals surface area contributed by atoms with Gasteiger partial charge in [-0.15, -0.1) is 0 Å². The summed E-state index contributed by atoms with van der Waals surface area (Å²) in [6.07, 6.45) is 0. The van der Waals surface area contributed by atoms with Crippen molar-refractivity contribution in [3.8, 4) is 0 Å². The summed E-state index contributed by atoms with van der Waals surface area (Å²) < 4.78 is 6.47. The van der Waals surface area contributed by atoms with Crippen LogP contribution in [0.2, 0.25) is 0 Å². The molecule has 1 heterocycles. The SMILES string of the molecule is CNC(=O)c1ccc(NC(=O)C(C)n2c(=O)oc3ccccc32)cc1. The summed E-state index contributed by atoms with van der Waals surface area (Å²) >= 11 is 0. The standard InChI is InChI=1S/C18H17N3O4/c1-11(21-14-5-3-4-6-15(14)25-18(21)24)16(22)20-13-9-7-12(8-10-13)17(23)19-2/h3-11H,1-2H3,(H,19,23)(H,20,22). The number of nitrogens with one attached hydrogen (secondary N) is 2. The number of fused-ring (bicyclic) bond motifs is 1. The van der Waals surface area contributed by atoms with E-state index in [0.717, 1.165) is 0 Å². The van der Waals surface area contributed by atoms with Crippen LogP contribution in [-0.4, -0.2) is 23.4 Å². The molecule has 0 aliphatic heterocycles. The molecule has 0 spiro atoms. The Kier molecular flexibility index (Phi) is 4.38. The number of rotatable bonds is 4. The molecule has 0 aliphatic carbocycles. The number of nitrogens with zero attached hydrogens (tertiary/aromatic N) is 1. The van der Waals surface area contributed by atoms with Crippen molar-refractivity contribution in [1.29, 1.82) is 0 Å². The Morgan fingerprint density at radius 2 is 1.76 bits per heavy atom. The minimum atomic E-state index is -0.755. The van der Waals surface area contributed by atoms with E-state index in [1.807, 2.05) is 0 Å². The van der Waals surface area contributed by atoms with Gasteiger partial charge in [-0.25, -0.2) is 4.79 Å². The topological polar surface area (TPSA) is 93.3 Å². The number of amides is 2. The van der Waals surface area contributed by atoms with E-state index < -0.39 is 11.8 Å². The fourth-order valence-electron chi connectivity index (χ4n) is 2.56. The molecule has 2 amide bonds. The molecule has 0 saturated heterocycles. The van der Waals surface area contributed by atoms with Gasteiger partial charge in [0, 0.05) is 18.3 Å². The van der Waals surface area contributed by atoms with Crippen LogP contribution in [0.5, 0.6) is 0 Å². The second kappa shape index (κ2) is 6.64. The van der Waals surface area contributed by atoms with Crippen LogP contribution in [0.25, 0.3) is 11.1 Å². The number of benzene rings is 2. The van der Waals surface area contributed by atoms with Crippen LogP contribution < -0.4 is 16.4 Å². The van der Waals surface area contributed by atoms with Crippen molar-refractivity contribution in [3.05, 3.63) is 64.6 Å². The molecule has 7 heteroatoms. The monoisotopic (exact) mass is 339 g/mol. The first-order valence-corrected chi connectivity index (χ1v) is 7.74. The molecule has 128 valence electrons. The Labute approximate surface area is 143 Å². The maximum absolute atomic E-state index is 12.5. The molecule has 2 aromatic carbocycles. The third-order valence-corrected chi connectivity index (χ3v) is 3.93. The van der Waals surface area contributed by atoms with Crippen molar-refractivity contribution in [2.24, 2.45) is 0 Å². The molecule has 1 aromatic heterocycles. The molecule has 0 radical (unpaired) electrons. The summed E-state index contributed by atoms with van der Waals surface area (Å²) in [5, 5.41) is 5.26. The third-order valence-electron chi connectivity index (χ3n) is 3.93. The molecule has 0 aliphatic rings. The van der Waals surface area contributed by atoms with Gasteiger partial charge in [-0.05, 0) is 43.3 Å². The number of oxazole rings is 1. The van der Waals surface area contributed by atoms with Gasteiger partial charge in [-0.2, -0.15) is 0 Å². The average Bonchev–Trinajstić information content (AvgIpc) is 2.96. The quantitative estimate of drug-likeness (QED) is 0.762. The zero-order valence-corrected chi connectivity index (χ0v) is 13.8. The lowest BCUT2D eigenvalue weighted by molar-refractivity contribution is -0.118. The van der Waals surface area contributed by atoms with Crippen LogP contribution in [0.3, 0.4) is 0 Å². The number of carbonyl (C=O) groups is 2. The minimum absolute atomic E-state index is 0.206. The predicted molar refractivity (Wildman–Crippen MR) is 93.6 cm³/mol. The van der Waals surface area contributed by atoms with Crippen LogP contribution >= 0.6 is 0 Å². The Hall–Kier alpha value is -3.35. The molecule has 0 saturated carbocycles. The van der Waals surface area contributed by atoms with Gasteiger partial charge < -0.3 is 15.1 Å². The molecule has 3 aromatic rings. The van der Waals surface area contributed by atoms with Crippen LogP contribution in [0.4, 0.5) is 5.69 Å². The minimum Gasteiger partial charge on any atom is -0.408 e. The van der Waals surface area contributed by atoms with Crippen LogP contribution in [0, 0.1) is 0 Å². The summed E-state index contributed by atoms with van der Waals surface area (Å²) in [6, 6.07) is 12.7. The molecule has 1 unspecified atom stereocenters. The van der Waals surface area contributed by atoms with Gasteiger partial charge in [0.15, 0.2) is 5.58 Å². The van der Waals surface area contributed by atoms with Gasteiger partial charge in [-0.3, -0.25) is 14.2 Å². The summed E-state index contributed by atoms with van der Waals surface area (Å²) in [4.78, 5) is 36.1. The largest absolute Gasteiger partial charge is 0.420 e. The summed E-state index contributed by atoms with van der Waals surface area (Å²) in [7, 11) is 1.55. The van der Waals surface area contributed by atoms with Gasteiger partial charge in [0.25, 0.3) is 5.91 Å². The van der Waals surface area contributed by atoms with E-state index in [9.17, 15) is 14.4 Å². The normalized spacial score (nSPS) is 11.9. The molecule has 0 bridgehead atoms. The Bertz CT molecular complexity index is 985. The Balaban J connectivity index is 1.82. The zero-order valence-electron chi connectivity index (χ0n) is 13.8. The molecule has 3 rings (SSSR count). The second-order valence-electron chi connectivity index (χ2n) is 5.53.